The Bertz CT molecular complexity index is 659. The number of carboxylic acid groups (broad SMARTS) is 1. The summed E-state index contributed by atoms with van der Waals surface area (Å²) in [5.41, 5.74) is 2.04. The number of benzene rings is 1. The van der Waals surface area contributed by atoms with E-state index in [4.69, 9.17) is 0 Å². The average Bonchev–Trinajstić information content (AvgIpc) is 2.78. The fourth-order valence-electron chi connectivity index (χ4n) is 2.24. The zero-order valence-electron chi connectivity index (χ0n) is 10.4. The minimum absolute atomic E-state index is 0.182. The number of hydrogen-bond acceptors (Lipinski definition) is 3. The number of allylic oxidation sites excluding steroid dienone is 1. The Morgan fingerprint density at radius 2 is 2.11 bits per heavy atom. The molecule has 0 fully saturated rings. The van der Waals surface area contributed by atoms with E-state index >= 15 is 0 Å². The highest BCUT2D eigenvalue weighted by molar-refractivity contribution is 5.90. The summed E-state index contributed by atoms with van der Waals surface area (Å²) >= 11 is 0. The van der Waals surface area contributed by atoms with E-state index < -0.39 is 5.97 Å². The molecule has 0 aliphatic carbocycles. The van der Waals surface area contributed by atoms with Crippen molar-refractivity contribution < 1.29 is 9.90 Å². The lowest BCUT2D eigenvalue weighted by atomic mass is 10.0. The predicted molar refractivity (Wildman–Crippen MR) is 70.9 cm³/mol. The Labute approximate surface area is 110 Å². The van der Waals surface area contributed by atoms with E-state index in [1.807, 2.05) is 43.3 Å². The van der Waals surface area contributed by atoms with Crippen molar-refractivity contribution in [2.45, 2.75) is 13.0 Å². The molecule has 0 bridgehead atoms. The van der Waals surface area contributed by atoms with Crippen LogP contribution in [0.5, 0.6) is 0 Å². The van der Waals surface area contributed by atoms with Gasteiger partial charge >= 0.3 is 5.97 Å². The molecule has 1 unspecified atom stereocenters. The molecule has 1 aliphatic rings. The first-order valence-corrected chi connectivity index (χ1v) is 5.98. The van der Waals surface area contributed by atoms with Gasteiger partial charge < -0.3 is 10.4 Å². The van der Waals surface area contributed by atoms with Crippen molar-refractivity contribution in [1.82, 2.24) is 9.78 Å². The highest BCUT2D eigenvalue weighted by Gasteiger charge is 2.24. The van der Waals surface area contributed by atoms with E-state index in [-0.39, 0.29) is 11.7 Å². The third-order valence-electron chi connectivity index (χ3n) is 3.08. The lowest BCUT2D eigenvalue weighted by Gasteiger charge is -2.23. The normalized spacial score (nSPS) is 17.3. The Kier molecular flexibility index (Phi) is 2.59. The van der Waals surface area contributed by atoms with Gasteiger partial charge in [-0.1, -0.05) is 30.3 Å². The molecule has 5 heteroatoms. The van der Waals surface area contributed by atoms with Crippen molar-refractivity contribution in [2.75, 3.05) is 5.32 Å². The summed E-state index contributed by atoms with van der Waals surface area (Å²) in [6.45, 7) is 1.88. The molecule has 1 aromatic carbocycles. The number of aliphatic carboxylic acids is 1. The molecule has 0 saturated heterocycles. The van der Waals surface area contributed by atoms with E-state index in [1.165, 1.54) is 0 Å². The highest BCUT2D eigenvalue weighted by Crippen LogP contribution is 2.30. The first-order chi connectivity index (χ1) is 9.15. The summed E-state index contributed by atoms with van der Waals surface area (Å²) < 4.78 is 1.80. The summed E-state index contributed by atoms with van der Waals surface area (Å²) in [4.78, 5) is 11.2. The molecule has 1 aromatic heterocycles. The Morgan fingerprint density at radius 3 is 2.79 bits per heavy atom. The number of aromatic nitrogens is 2. The molecule has 2 N–H and O–H groups in total. The predicted octanol–water partition coefficient (Wildman–Crippen LogP) is 2.17. The van der Waals surface area contributed by atoms with Crippen molar-refractivity contribution in [3.8, 4) is 0 Å². The standard InChI is InChI=1S/C14H13N3O2/c1-9-7-13-15-11(14(18)19)8-12(17(13)16-9)10-5-3-2-4-6-10/h2-8,12,15H,1H3,(H,18,19). The van der Waals surface area contributed by atoms with Crippen molar-refractivity contribution in [3.05, 3.63) is 59.4 Å². The first-order valence-electron chi connectivity index (χ1n) is 5.98. The second kappa shape index (κ2) is 4.28. The van der Waals surface area contributed by atoms with Gasteiger partial charge in [-0.05, 0) is 18.6 Å². The molecule has 0 spiro atoms. The Morgan fingerprint density at radius 1 is 1.37 bits per heavy atom. The number of carboxylic acids is 1. The van der Waals surface area contributed by atoms with Crippen LogP contribution in [0.15, 0.2) is 48.2 Å². The fourth-order valence-corrected chi connectivity index (χ4v) is 2.24. The summed E-state index contributed by atoms with van der Waals surface area (Å²) in [5, 5.41) is 16.5. The summed E-state index contributed by atoms with van der Waals surface area (Å²) in [6, 6.07) is 11.4. The molecular formula is C14H13N3O2. The van der Waals surface area contributed by atoms with Gasteiger partial charge in [-0.25, -0.2) is 9.48 Å². The van der Waals surface area contributed by atoms with E-state index in [9.17, 15) is 9.90 Å². The highest BCUT2D eigenvalue weighted by atomic mass is 16.4. The van der Waals surface area contributed by atoms with Crippen LogP contribution in [0.2, 0.25) is 0 Å². The maximum atomic E-state index is 11.2. The smallest absolute Gasteiger partial charge is 0.352 e. The molecular weight excluding hydrogens is 242 g/mol. The number of hydrogen-bond donors (Lipinski definition) is 2. The number of nitrogens with one attached hydrogen (secondary N) is 1. The van der Waals surface area contributed by atoms with Crippen LogP contribution in [-0.4, -0.2) is 20.9 Å². The molecule has 0 radical (unpaired) electrons. The molecule has 0 amide bonds. The van der Waals surface area contributed by atoms with Crippen molar-refractivity contribution in [2.24, 2.45) is 0 Å². The second-order valence-electron chi connectivity index (χ2n) is 4.48. The molecule has 96 valence electrons. The third kappa shape index (κ3) is 1.99. The van der Waals surface area contributed by atoms with Crippen LogP contribution in [0.4, 0.5) is 5.82 Å². The first kappa shape index (κ1) is 11.5. The number of fused-ring (bicyclic) bond motifs is 1. The molecule has 5 nitrogen and oxygen atoms in total. The fraction of sp³-hybridized carbons (Fsp3) is 0.143. The number of anilines is 1. The molecule has 2 heterocycles. The van der Waals surface area contributed by atoms with Gasteiger partial charge in [-0.15, -0.1) is 0 Å². The number of aryl methyl sites for hydroxylation is 1. The number of nitrogens with zero attached hydrogens (tertiary/aromatic N) is 2. The Hall–Kier alpha value is -2.56. The van der Waals surface area contributed by atoms with E-state index in [2.05, 4.69) is 10.4 Å². The SMILES string of the molecule is Cc1cc2n(n1)C(c1ccccc1)C=C(C(=O)O)N2. The van der Waals surface area contributed by atoms with Crippen LogP contribution in [0.25, 0.3) is 0 Å². The summed E-state index contributed by atoms with van der Waals surface area (Å²) in [6.07, 6.45) is 1.68. The van der Waals surface area contributed by atoms with E-state index in [0.29, 0.717) is 5.82 Å². The quantitative estimate of drug-likeness (QED) is 0.863. The van der Waals surface area contributed by atoms with Crippen LogP contribution < -0.4 is 5.32 Å². The van der Waals surface area contributed by atoms with Gasteiger partial charge in [-0.2, -0.15) is 5.10 Å². The van der Waals surface area contributed by atoms with Crippen LogP contribution >= 0.6 is 0 Å². The second-order valence-corrected chi connectivity index (χ2v) is 4.48. The van der Waals surface area contributed by atoms with Crippen molar-refractivity contribution >= 4 is 11.8 Å². The maximum absolute atomic E-state index is 11.2. The van der Waals surface area contributed by atoms with E-state index in [0.717, 1.165) is 11.3 Å². The lowest BCUT2D eigenvalue weighted by Crippen LogP contribution is -2.23. The molecule has 1 atom stereocenters. The zero-order chi connectivity index (χ0) is 13.4. The van der Waals surface area contributed by atoms with Gasteiger partial charge in [0.2, 0.25) is 0 Å². The summed E-state index contributed by atoms with van der Waals surface area (Å²) in [7, 11) is 0. The number of carbonyl (C=O) groups is 1. The Balaban J connectivity index is 2.13. The lowest BCUT2D eigenvalue weighted by molar-refractivity contribution is -0.132. The molecule has 2 aromatic rings. The maximum Gasteiger partial charge on any atom is 0.352 e. The van der Waals surface area contributed by atoms with Crippen molar-refractivity contribution in [1.29, 1.82) is 0 Å². The van der Waals surface area contributed by atoms with Gasteiger partial charge in [-0.3, -0.25) is 0 Å². The minimum atomic E-state index is -0.967. The summed E-state index contributed by atoms with van der Waals surface area (Å²) in [5.74, 6) is -0.266. The minimum Gasteiger partial charge on any atom is -0.477 e. The topological polar surface area (TPSA) is 67.2 Å². The van der Waals surface area contributed by atoms with Gasteiger partial charge in [0.25, 0.3) is 0 Å². The van der Waals surface area contributed by atoms with Gasteiger partial charge in [0.1, 0.15) is 11.5 Å². The van der Waals surface area contributed by atoms with Gasteiger partial charge in [0.05, 0.1) is 11.7 Å². The van der Waals surface area contributed by atoms with Crippen LogP contribution in [0, 0.1) is 6.92 Å². The van der Waals surface area contributed by atoms with Crippen molar-refractivity contribution in [3.63, 3.8) is 0 Å². The third-order valence-corrected chi connectivity index (χ3v) is 3.08. The van der Waals surface area contributed by atoms with Gasteiger partial charge in [0, 0.05) is 6.07 Å². The molecule has 19 heavy (non-hydrogen) atoms. The number of rotatable bonds is 2. The molecule has 0 saturated carbocycles. The van der Waals surface area contributed by atoms with Crippen LogP contribution in [0.1, 0.15) is 17.3 Å². The monoisotopic (exact) mass is 255 g/mol. The molecule has 3 rings (SSSR count). The molecule has 1 aliphatic heterocycles. The van der Waals surface area contributed by atoms with Crippen LogP contribution in [-0.2, 0) is 4.79 Å². The zero-order valence-corrected chi connectivity index (χ0v) is 10.4. The largest absolute Gasteiger partial charge is 0.477 e. The van der Waals surface area contributed by atoms with Crippen LogP contribution in [0.3, 0.4) is 0 Å². The van der Waals surface area contributed by atoms with E-state index in [1.54, 1.807) is 10.8 Å². The van der Waals surface area contributed by atoms with Gasteiger partial charge in [0.15, 0.2) is 0 Å². The average molecular weight is 255 g/mol.